The molecule has 0 atom stereocenters. The quantitative estimate of drug-likeness (QED) is 0.627. The van der Waals surface area contributed by atoms with Gasteiger partial charge in [-0.15, -0.1) is 11.1 Å². The van der Waals surface area contributed by atoms with Crippen LogP contribution in [0.3, 0.4) is 0 Å². The summed E-state index contributed by atoms with van der Waals surface area (Å²) < 4.78 is 0. The summed E-state index contributed by atoms with van der Waals surface area (Å²) in [5, 5.41) is 0. The molecule has 0 aliphatic carbocycles. The van der Waals surface area contributed by atoms with Crippen molar-refractivity contribution in [1.82, 2.24) is 0 Å². The van der Waals surface area contributed by atoms with E-state index in [0.717, 1.165) is 0 Å². The summed E-state index contributed by atoms with van der Waals surface area (Å²) in [5.41, 5.74) is 3.27. The van der Waals surface area contributed by atoms with Crippen LogP contribution in [0.15, 0.2) is 18.2 Å². The summed E-state index contributed by atoms with van der Waals surface area (Å²) in [6, 6.07) is 9.51. The second-order valence-corrected chi connectivity index (χ2v) is 5.97. The maximum absolute atomic E-state index is 3.18. The molecule has 0 aliphatic heterocycles. The van der Waals surface area contributed by atoms with Gasteiger partial charge in [0.15, 0.2) is 0 Å². The SMILES string of the molecule is CC(C)(C)c1c[c-]ccc1C(C)(C)C.[Y]. The molecule has 0 bridgehead atoms. The molecule has 0 saturated heterocycles. The molecule has 0 aromatic heterocycles. The van der Waals surface area contributed by atoms with Crippen molar-refractivity contribution in [3.8, 4) is 0 Å². The molecule has 0 N–H and O–H groups in total. The van der Waals surface area contributed by atoms with Crippen molar-refractivity contribution in [2.75, 3.05) is 0 Å². The van der Waals surface area contributed by atoms with Crippen molar-refractivity contribution in [1.29, 1.82) is 0 Å². The van der Waals surface area contributed by atoms with Crippen molar-refractivity contribution in [2.45, 2.75) is 52.4 Å². The Labute approximate surface area is 120 Å². The summed E-state index contributed by atoms with van der Waals surface area (Å²) in [6.45, 7) is 13.6. The second kappa shape index (κ2) is 5.10. The largest absolute Gasteiger partial charge is 0.184 e. The Kier molecular flexibility index (Phi) is 5.21. The van der Waals surface area contributed by atoms with Gasteiger partial charge in [-0.1, -0.05) is 47.0 Å². The Morgan fingerprint density at radius 2 is 1.33 bits per heavy atom. The molecule has 0 heterocycles. The first-order valence-electron chi connectivity index (χ1n) is 5.24. The molecule has 0 spiro atoms. The van der Waals surface area contributed by atoms with Crippen LogP contribution in [0.5, 0.6) is 0 Å². The zero-order chi connectivity index (χ0) is 11.0. The van der Waals surface area contributed by atoms with Gasteiger partial charge in [0.25, 0.3) is 0 Å². The first-order chi connectivity index (χ1) is 6.23. The van der Waals surface area contributed by atoms with Crippen LogP contribution in [0.25, 0.3) is 0 Å². The van der Waals surface area contributed by atoms with E-state index in [2.05, 4.69) is 59.7 Å². The van der Waals surface area contributed by atoms with Gasteiger partial charge in [-0.05, 0) is 5.41 Å². The van der Waals surface area contributed by atoms with Crippen LogP contribution in [0.2, 0.25) is 0 Å². The van der Waals surface area contributed by atoms with Gasteiger partial charge in [-0.3, -0.25) is 0 Å². The minimum atomic E-state index is 0. The molecule has 1 aromatic rings. The molecular weight excluding hydrogens is 257 g/mol. The van der Waals surface area contributed by atoms with Crippen LogP contribution < -0.4 is 0 Å². The van der Waals surface area contributed by atoms with E-state index in [1.54, 1.807) is 0 Å². The number of hydrogen-bond acceptors (Lipinski definition) is 0. The first kappa shape index (κ1) is 15.3. The van der Waals surface area contributed by atoms with Crippen LogP contribution in [-0.2, 0) is 43.5 Å². The van der Waals surface area contributed by atoms with Crippen LogP contribution in [0, 0.1) is 6.07 Å². The van der Waals surface area contributed by atoms with Gasteiger partial charge in [0.1, 0.15) is 0 Å². The van der Waals surface area contributed by atoms with E-state index in [1.165, 1.54) is 11.1 Å². The van der Waals surface area contributed by atoms with Crippen molar-refractivity contribution >= 4 is 0 Å². The molecule has 1 heteroatoms. The Hall–Kier alpha value is 0.324. The van der Waals surface area contributed by atoms with Gasteiger partial charge in [0, 0.05) is 32.7 Å². The van der Waals surface area contributed by atoms with E-state index in [1.807, 2.05) is 6.07 Å². The average molecular weight is 278 g/mol. The van der Waals surface area contributed by atoms with Crippen LogP contribution in [-0.4, -0.2) is 0 Å². The molecule has 0 amide bonds. The van der Waals surface area contributed by atoms with E-state index in [-0.39, 0.29) is 43.5 Å². The van der Waals surface area contributed by atoms with Gasteiger partial charge in [-0.25, -0.2) is 0 Å². The molecule has 0 nitrogen and oxygen atoms in total. The van der Waals surface area contributed by atoms with Crippen molar-refractivity contribution < 1.29 is 32.7 Å². The molecule has 0 aliphatic rings. The smallest absolute Gasteiger partial charge is 0 e. The number of benzene rings is 1. The first-order valence-corrected chi connectivity index (χ1v) is 5.24. The fraction of sp³-hybridized carbons (Fsp3) is 0.571. The maximum Gasteiger partial charge on any atom is 0 e. The molecular formula is C14H21Y-. The molecule has 0 fully saturated rings. The van der Waals surface area contributed by atoms with E-state index in [0.29, 0.717) is 0 Å². The van der Waals surface area contributed by atoms with E-state index < -0.39 is 0 Å². The number of rotatable bonds is 0. The van der Waals surface area contributed by atoms with Crippen molar-refractivity contribution in [3.05, 3.63) is 35.4 Å². The normalized spacial score (nSPS) is 12.1. The third kappa shape index (κ3) is 4.00. The van der Waals surface area contributed by atoms with Crippen molar-refractivity contribution in [2.24, 2.45) is 0 Å². The van der Waals surface area contributed by atoms with E-state index in [9.17, 15) is 0 Å². The summed E-state index contributed by atoms with van der Waals surface area (Å²) >= 11 is 0. The maximum atomic E-state index is 3.18. The van der Waals surface area contributed by atoms with E-state index >= 15 is 0 Å². The number of hydrogen-bond donors (Lipinski definition) is 0. The van der Waals surface area contributed by atoms with Crippen molar-refractivity contribution in [3.63, 3.8) is 0 Å². The molecule has 81 valence electrons. The van der Waals surface area contributed by atoms with Crippen LogP contribution >= 0.6 is 0 Å². The minimum Gasteiger partial charge on any atom is -0.184 e. The van der Waals surface area contributed by atoms with E-state index in [4.69, 9.17) is 0 Å². The Morgan fingerprint density at radius 1 is 0.867 bits per heavy atom. The summed E-state index contributed by atoms with van der Waals surface area (Å²) in [7, 11) is 0. The molecule has 1 radical (unpaired) electrons. The third-order valence-electron chi connectivity index (χ3n) is 2.48. The van der Waals surface area contributed by atoms with Gasteiger partial charge in [-0.2, -0.15) is 24.3 Å². The molecule has 0 unspecified atom stereocenters. The zero-order valence-corrected chi connectivity index (χ0v) is 13.6. The second-order valence-electron chi connectivity index (χ2n) is 5.97. The summed E-state index contributed by atoms with van der Waals surface area (Å²) in [4.78, 5) is 0. The Balaban J connectivity index is 0.00000196. The Morgan fingerprint density at radius 3 is 1.67 bits per heavy atom. The topological polar surface area (TPSA) is 0 Å². The summed E-state index contributed by atoms with van der Waals surface area (Å²) in [6.07, 6.45) is 0. The average Bonchev–Trinajstić information content (AvgIpc) is 2.01. The third-order valence-corrected chi connectivity index (χ3v) is 2.48. The predicted molar refractivity (Wildman–Crippen MR) is 62.7 cm³/mol. The van der Waals surface area contributed by atoms with Gasteiger partial charge >= 0.3 is 0 Å². The van der Waals surface area contributed by atoms with Gasteiger partial charge in [0.2, 0.25) is 0 Å². The zero-order valence-electron chi connectivity index (χ0n) is 10.8. The summed E-state index contributed by atoms with van der Waals surface area (Å²) in [5.74, 6) is 0. The standard InChI is InChI=1S/C14H21.Y/c1-13(2,3)11-9-7-8-10-12(11)14(4,5)6;/h7,9-10H,1-6H3;/q-1;. The van der Waals surface area contributed by atoms with Gasteiger partial charge < -0.3 is 0 Å². The molecule has 1 rings (SSSR count). The fourth-order valence-electron chi connectivity index (χ4n) is 1.70. The van der Waals surface area contributed by atoms with Crippen LogP contribution in [0.4, 0.5) is 0 Å². The van der Waals surface area contributed by atoms with Gasteiger partial charge in [0.05, 0.1) is 0 Å². The predicted octanol–water partition coefficient (Wildman–Crippen LogP) is 4.08. The molecule has 15 heavy (non-hydrogen) atoms. The van der Waals surface area contributed by atoms with Crippen LogP contribution in [0.1, 0.15) is 52.7 Å². The minimum absolute atomic E-state index is 0. The molecule has 1 aromatic carbocycles. The Bertz CT molecular complexity index is 280. The fourth-order valence-corrected chi connectivity index (χ4v) is 1.70. The monoisotopic (exact) mass is 278 g/mol. The molecule has 0 saturated carbocycles.